The highest BCUT2D eigenvalue weighted by Gasteiger charge is 2.19. The number of nitrogens with one attached hydrogen (secondary N) is 2. The van der Waals surface area contributed by atoms with Gasteiger partial charge in [-0.2, -0.15) is 0 Å². The van der Waals surface area contributed by atoms with Gasteiger partial charge in [-0.15, -0.1) is 0 Å². The minimum atomic E-state index is -3.78. The Hall–Kier alpha value is -2.25. The fourth-order valence-electron chi connectivity index (χ4n) is 2.16. The number of aromatic nitrogens is 2. The summed E-state index contributed by atoms with van der Waals surface area (Å²) in [5.41, 5.74) is 0.725. The normalized spacial score (nSPS) is 11.7. The molecule has 0 amide bonds. The number of benzene rings is 1. The Balaban J connectivity index is 2.04. The van der Waals surface area contributed by atoms with Crippen LogP contribution in [0.15, 0.2) is 52.4 Å². The average Bonchev–Trinajstić information content (AvgIpc) is 2.86. The maximum atomic E-state index is 12.5. The molecular formula is C14H12ClN3O3S. The Bertz CT molecular complexity index is 1020. The molecule has 6 nitrogen and oxygen atoms in total. The lowest BCUT2D eigenvalue weighted by Gasteiger charge is -2.08. The zero-order valence-electron chi connectivity index (χ0n) is 11.5. The van der Waals surface area contributed by atoms with E-state index in [1.807, 2.05) is 0 Å². The monoisotopic (exact) mass is 337 g/mol. The van der Waals surface area contributed by atoms with E-state index in [4.69, 9.17) is 11.6 Å². The van der Waals surface area contributed by atoms with E-state index in [1.54, 1.807) is 25.2 Å². The molecule has 0 aliphatic carbocycles. The second-order valence-electron chi connectivity index (χ2n) is 4.82. The second-order valence-corrected chi connectivity index (χ2v) is 6.90. The van der Waals surface area contributed by atoms with Crippen LogP contribution in [0, 0.1) is 0 Å². The predicted octanol–water partition coefficient (Wildman–Crippen LogP) is 2.32. The number of fused-ring (bicyclic) bond motifs is 1. The molecule has 0 radical (unpaired) electrons. The summed E-state index contributed by atoms with van der Waals surface area (Å²) in [6.45, 7) is 0. The number of anilines is 1. The van der Waals surface area contributed by atoms with Crippen molar-refractivity contribution in [2.75, 3.05) is 4.72 Å². The Morgan fingerprint density at radius 2 is 2.00 bits per heavy atom. The first kappa shape index (κ1) is 14.7. The molecule has 114 valence electrons. The minimum absolute atomic E-state index is 0.119. The molecule has 2 aromatic heterocycles. The second kappa shape index (κ2) is 5.19. The van der Waals surface area contributed by atoms with Crippen LogP contribution in [0.25, 0.3) is 10.9 Å². The number of pyridine rings is 1. The molecule has 22 heavy (non-hydrogen) atoms. The largest absolute Gasteiger partial charge is 0.360 e. The number of halogens is 1. The molecule has 0 bridgehead atoms. The van der Waals surface area contributed by atoms with Crippen LogP contribution in [0.2, 0.25) is 5.02 Å². The zero-order chi connectivity index (χ0) is 15.9. The molecule has 8 heteroatoms. The number of rotatable bonds is 3. The number of aryl methyl sites for hydroxylation is 1. The Morgan fingerprint density at radius 3 is 2.73 bits per heavy atom. The quantitative estimate of drug-likeness (QED) is 0.769. The number of hydrogen-bond donors (Lipinski definition) is 2. The van der Waals surface area contributed by atoms with Crippen molar-refractivity contribution in [2.24, 2.45) is 7.05 Å². The highest BCUT2D eigenvalue weighted by atomic mass is 35.5. The van der Waals surface area contributed by atoms with Crippen LogP contribution in [0.4, 0.5) is 5.69 Å². The van der Waals surface area contributed by atoms with Gasteiger partial charge in [0.15, 0.2) is 0 Å². The molecule has 1 aromatic carbocycles. The predicted molar refractivity (Wildman–Crippen MR) is 85.8 cm³/mol. The number of nitrogens with zero attached hydrogens (tertiary/aromatic N) is 1. The summed E-state index contributed by atoms with van der Waals surface area (Å²) in [7, 11) is -2.23. The van der Waals surface area contributed by atoms with E-state index < -0.39 is 10.0 Å². The summed E-state index contributed by atoms with van der Waals surface area (Å²) in [4.78, 5) is 14.3. The van der Waals surface area contributed by atoms with Crippen molar-refractivity contribution in [3.63, 3.8) is 0 Å². The molecule has 0 atom stereocenters. The standard InChI is InChI=1S/C14H12ClN3O3S/c1-18-8-10(3-5-14(18)19)17-22(20,21)13-7-16-12-6-9(15)2-4-11(12)13/h2-8,16-17H,1H3. The average molecular weight is 338 g/mol. The van der Waals surface area contributed by atoms with E-state index in [0.29, 0.717) is 21.6 Å². The molecule has 0 aliphatic heterocycles. The van der Waals surface area contributed by atoms with Gasteiger partial charge in [0.2, 0.25) is 5.56 Å². The number of hydrogen-bond acceptors (Lipinski definition) is 3. The van der Waals surface area contributed by atoms with E-state index in [0.717, 1.165) is 0 Å². The lowest BCUT2D eigenvalue weighted by Crippen LogP contribution is -2.18. The van der Waals surface area contributed by atoms with Gasteiger partial charge in [0.05, 0.1) is 5.69 Å². The van der Waals surface area contributed by atoms with Crippen molar-refractivity contribution >= 4 is 38.2 Å². The lowest BCUT2D eigenvalue weighted by atomic mass is 10.2. The summed E-state index contributed by atoms with van der Waals surface area (Å²) in [5, 5.41) is 1.06. The minimum Gasteiger partial charge on any atom is -0.360 e. The molecule has 3 aromatic rings. The van der Waals surface area contributed by atoms with Crippen LogP contribution in [-0.2, 0) is 17.1 Å². The highest BCUT2D eigenvalue weighted by molar-refractivity contribution is 7.93. The molecule has 0 aliphatic rings. The third-order valence-electron chi connectivity index (χ3n) is 3.23. The van der Waals surface area contributed by atoms with E-state index in [-0.39, 0.29) is 10.5 Å². The van der Waals surface area contributed by atoms with Gasteiger partial charge in [0.25, 0.3) is 10.0 Å². The van der Waals surface area contributed by atoms with Gasteiger partial charge in [0.1, 0.15) is 4.90 Å². The van der Waals surface area contributed by atoms with E-state index in [9.17, 15) is 13.2 Å². The maximum Gasteiger partial charge on any atom is 0.264 e. The van der Waals surface area contributed by atoms with Crippen molar-refractivity contribution in [3.8, 4) is 0 Å². The molecule has 3 rings (SSSR count). The van der Waals surface area contributed by atoms with Crippen molar-refractivity contribution < 1.29 is 8.42 Å². The van der Waals surface area contributed by atoms with Gasteiger partial charge < -0.3 is 9.55 Å². The maximum absolute atomic E-state index is 12.5. The van der Waals surface area contributed by atoms with Gasteiger partial charge in [-0.25, -0.2) is 8.42 Å². The van der Waals surface area contributed by atoms with Crippen molar-refractivity contribution in [1.82, 2.24) is 9.55 Å². The zero-order valence-corrected chi connectivity index (χ0v) is 13.1. The first-order chi connectivity index (χ1) is 10.4. The lowest BCUT2D eigenvalue weighted by molar-refractivity contribution is 0.602. The van der Waals surface area contributed by atoms with Crippen LogP contribution in [0.5, 0.6) is 0 Å². The van der Waals surface area contributed by atoms with E-state index >= 15 is 0 Å². The molecule has 0 saturated carbocycles. The topological polar surface area (TPSA) is 84.0 Å². The summed E-state index contributed by atoms with van der Waals surface area (Å²) >= 11 is 5.89. The van der Waals surface area contributed by atoms with Gasteiger partial charge in [-0.1, -0.05) is 11.6 Å². The SMILES string of the molecule is Cn1cc(NS(=O)(=O)c2c[nH]c3cc(Cl)ccc23)ccc1=O. The molecule has 0 saturated heterocycles. The fraction of sp³-hybridized carbons (Fsp3) is 0.0714. The van der Waals surface area contributed by atoms with Gasteiger partial charge in [-0.3, -0.25) is 9.52 Å². The first-order valence-corrected chi connectivity index (χ1v) is 8.19. The molecule has 0 spiro atoms. The summed E-state index contributed by atoms with van der Waals surface area (Å²) in [5.74, 6) is 0. The van der Waals surface area contributed by atoms with E-state index in [1.165, 1.54) is 29.1 Å². The molecular weight excluding hydrogens is 326 g/mol. The Labute approximate surface area is 131 Å². The Kier molecular flexibility index (Phi) is 3.46. The first-order valence-electron chi connectivity index (χ1n) is 6.33. The smallest absolute Gasteiger partial charge is 0.264 e. The van der Waals surface area contributed by atoms with Crippen LogP contribution in [-0.4, -0.2) is 18.0 Å². The summed E-state index contributed by atoms with van der Waals surface area (Å²) < 4.78 is 28.8. The highest BCUT2D eigenvalue weighted by Crippen LogP contribution is 2.26. The van der Waals surface area contributed by atoms with Crippen LogP contribution < -0.4 is 10.3 Å². The van der Waals surface area contributed by atoms with Crippen LogP contribution in [0.1, 0.15) is 0 Å². The van der Waals surface area contributed by atoms with Crippen molar-refractivity contribution in [3.05, 3.63) is 58.1 Å². The molecule has 2 N–H and O–H groups in total. The van der Waals surface area contributed by atoms with E-state index in [2.05, 4.69) is 9.71 Å². The van der Waals surface area contributed by atoms with Crippen molar-refractivity contribution in [2.45, 2.75) is 4.90 Å². The van der Waals surface area contributed by atoms with Crippen molar-refractivity contribution in [1.29, 1.82) is 0 Å². The van der Waals surface area contributed by atoms with Crippen LogP contribution >= 0.6 is 11.6 Å². The van der Waals surface area contributed by atoms with Gasteiger partial charge in [0, 0.05) is 41.4 Å². The molecule has 0 fully saturated rings. The van der Waals surface area contributed by atoms with Crippen LogP contribution in [0.3, 0.4) is 0 Å². The fourth-order valence-corrected chi connectivity index (χ4v) is 3.55. The van der Waals surface area contributed by atoms with Gasteiger partial charge >= 0.3 is 0 Å². The third kappa shape index (κ3) is 2.60. The Morgan fingerprint density at radius 1 is 1.23 bits per heavy atom. The third-order valence-corrected chi connectivity index (χ3v) is 4.89. The number of H-pyrrole nitrogens is 1. The number of sulfonamides is 1. The summed E-state index contributed by atoms with van der Waals surface area (Å²) in [6.07, 6.45) is 2.83. The summed E-state index contributed by atoms with van der Waals surface area (Å²) in [6, 6.07) is 7.65. The molecule has 2 heterocycles. The van der Waals surface area contributed by atoms with Gasteiger partial charge in [-0.05, 0) is 24.3 Å². The molecule has 0 unspecified atom stereocenters. The number of aromatic amines is 1.